The van der Waals surface area contributed by atoms with Gasteiger partial charge in [-0.15, -0.1) is 0 Å². The van der Waals surface area contributed by atoms with Crippen LogP contribution in [0.2, 0.25) is 0 Å². The van der Waals surface area contributed by atoms with Crippen LogP contribution in [0.4, 0.5) is 13.2 Å². The van der Waals surface area contributed by atoms with Crippen LogP contribution < -0.4 is 5.73 Å². The highest BCUT2D eigenvalue weighted by molar-refractivity contribution is 5.79. The number of nitrogens with two attached hydrogens (primary N) is 1. The maximum Gasteiger partial charge on any atom is 0.391 e. The number of carbonyl (C=O) groups is 1. The number of likely N-dealkylation sites (tertiary alicyclic amines) is 1. The van der Waals surface area contributed by atoms with Gasteiger partial charge in [0.2, 0.25) is 5.91 Å². The molecule has 1 unspecified atom stereocenters. The molecule has 0 saturated carbocycles. The Hall–Kier alpha value is -0.780. The van der Waals surface area contributed by atoms with Gasteiger partial charge in [0.15, 0.2) is 0 Å². The summed E-state index contributed by atoms with van der Waals surface area (Å²) < 4.78 is 37.8. The van der Waals surface area contributed by atoms with Gasteiger partial charge in [-0.25, -0.2) is 0 Å². The van der Waals surface area contributed by atoms with Crippen molar-refractivity contribution in [1.29, 1.82) is 0 Å². The fraction of sp³-hybridized carbons (Fsp3) is 0.929. The number of hydrogen-bond donors (Lipinski definition) is 1. The minimum atomic E-state index is -4.15. The summed E-state index contributed by atoms with van der Waals surface area (Å²) in [5.74, 6) is -1.66. The molecule has 0 aromatic heterocycles. The molecule has 0 aromatic rings. The highest BCUT2D eigenvalue weighted by Gasteiger charge is 2.42. The van der Waals surface area contributed by atoms with Crippen LogP contribution in [-0.4, -0.2) is 36.6 Å². The SMILES string of the molecule is CC(C)(C)CC(CN)C(=O)N1CCC(C(F)(F)F)CC1. The number of halogens is 3. The van der Waals surface area contributed by atoms with Crippen molar-refractivity contribution in [2.45, 2.75) is 46.2 Å². The molecule has 3 nitrogen and oxygen atoms in total. The number of hydrogen-bond acceptors (Lipinski definition) is 2. The first kappa shape index (κ1) is 17.3. The zero-order valence-corrected chi connectivity index (χ0v) is 12.5. The Morgan fingerprint density at radius 3 is 2.10 bits per heavy atom. The molecule has 0 radical (unpaired) electrons. The lowest BCUT2D eigenvalue weighted by Crippen LogP contribution is -2.46. The third-order valence-electron chi connectivity index (χ3n) is 3.76. The van der Waals surface area contributed by atoms with E-state index in [9.17, 15) is 18.0 Å². The largest absolute Gasteiger partial charge is 0.391 e. The highest BCUT2D eigenvalue weighted by Crippen LogP contribution is 2.35. The summed E-state index contributed by atoms with van der Waals surface area (Å²) in [7, 11) is 0. The van der Waals surface area contributed by atoms with Crippen molar-refractivity contribution in [3.8, 4) is 0 Å². The van der Waals surface area contributed by atoms with E-state index in [1.54, 1.807) is 4.90 Å². The average molecular weight is 294 g/mol. The molecule has 1 saturated heterocycles. The lowest BCUT2D eigenvalue weighted by atomic mass is 9.83. The Bertz CT molecular complexity index is 328. The van der Waals surface area contributed by atoms with E-state index < -0.39 is 12.1 Å². The lowest BCUT2D eigenvalue weighted by Gasteiger charge is -2.36. The van der Waals surface area contributed by atoms with Gasteiger partial charge in [0.25, 0.3) is 0 Å². The Labute approximate surface area is 118 Å². The number of piperidine rings is 1. The van der Waals surface area contributed by atoms with Crippen LogP contribution >= 0.6 is 0 Å². The molecule has 1 heterocycles. The topological polar surface area (TPSA) is 46.3 Å². The molecule has 2 N–H and O–H groups in total. The van der Waals surface area contributed by atoms with Gasteiger partial charge >= 0.3 is 6.18 Å². The van der Waals surface area contributed by atoms with E-state index in [1.165, 1.54) is 0 Å². The summed E-state index contributed by atoms with van der Waals surface area (Å²) in [6.45, 7) is 6.69. The second-order valence-corrected chi connectivity index (χ2v) is 6.84. The zero-order valence-electron chi connectivity index (χ0n) is 12.5. The molecular formula is C14H25F3N2O. The normalized spacial score (nSPS) is 20.1. The predicted molar refractivity (Wildman–Crippen MR) is 72.0 cm³/mol. The van der Waals surface area contributed by atoms with E-state index in [0.29, 0.717) is 6.42 Å². The summed E-state index contributed by atoms with van der Waals surface area (Å²) >= 11 is 0. The van der Waals surface area contributed by atoms with Crippen LogP contribution in [0.5, 0.6) is 0 Å². The van der Waals surface area contributed by atoms with Gasteiger partial charge in [0, 0.05) is 19.6 Å². The van der Waals surface area contributed by atoms with Gasteiger partial charge in [-0.2, -0.15) is 13.2 Å². The number of nitrogens with zero attached hydrogens (tertiary/aromatic N) is 1. The molecule has 0 spiro atoms. The van der Waals surface area contributed by atoms with E-state index in [4.69, 9.17) is 5.73 Å². The number of rotatable bonds is 3. The first-order chi connectivity index (χ1) is 9.04. The summed E-state index contributed by atoms with van der Waals surface area (Å²) in [6, 6.07) is 0. The average Bonchev–Trinajstić information content (AvgIpc) is 2.33. The minimum absolute atomic E-state index is 0.00203. The third kappa shape index (κ3) is 4.96. The second-order valence-electron chi connectivity index (χ2n) is 6.84. The van der Waals surface area contributed by atoms with Crippen molar-refractivity contribution in [2.75, 3.05) is 19.6 Å². The molecular weight excluding hydrogens is 269 g/mol. The molecule has 1 aliphatic heterocycles. The van der Waals surface area contributed by atoms with E-state index in [1.807, 2.05) is 20.8 Å². The molecule has 20 heavy (non-hydrogen) atoms. The molecule has 1 rings (SSSR count). The Balaban J connectivity index is 2.57. The molecule has 6 heteroatoms. The molecule has 0 bridgehead atoms. The van der Waals surface area contributed by atoms with Gasteiger partial charge in [0.05, 0.1) is 11.8 Å². The summed E-state index contributed by atoms with van der Waals surface area (Å²) in [6.07, 6.45) is -3.49. The van der Waals surface area contributed by atoms with Gasteiger partial charge in [0.1, 0.15) is 0 Å². The van der Waals surface area contributed by atoms with Crippen molar-refractivity contribution < 1.29 is 18.0 Å². The van der Waals surface area contributed by atoms with Crippen molar-refractivity contribution in [2.24, 2.45) is 23.0 Å². The fourth-order valence-corrected chi connectivity index (χ4v) is 2.70. The molecule has 118 valence electrons. The van der Waals surface area contributed by atoms with Gasteiger partial charge in [-0.1, -0.05) is 20.8 Å². The Morgan fingerprint density at radius 2 is 1.75 bits per heavy atom. The summed E-state index contributed by atoms with van der Waals surface area (Å²) in [5.41, 5.74) is 5.63. The van der Waals surface area contributed by atoms with Crippen LogP contribution in [0.15, 0.2) is 0 Å². The monoisotopic (exact) mass is 294 g/mol. The minimum Gasteiger partial charge on any atom is -0.342 e. The number of amides is 1. The maximum absolute atomic E-state index is 12.6. The molecule has 1 atom stereocenters. The van der Waals surface area contributed by atoms with E-state index >= 15 is 0 Å². The van der Waals surface area contributed by atoms with Crippen LogP contribution in [0.1, 0.15) is 40.0 Å². The van der Waals surface area contributed by atoms with Crippen LogP contribution in [0, 0.1) is 17.3 Å². The van der Waals surface area contributed by atoms with Crippen LogP contribution in [0.25, 0.3) is 0 Å². The van der Waals surface area contributed by atoms with Crippen molar-refractivity contribution in [1.82, 2.24) is 4.90 Å². The van der Waals surface area contributed by atoms with Gasteiger partial charge in [-0.05, 0) is 24.7 Å². The van der Waals surface area contributed by atoms with E-state index in [2.05, 4.69) is 0 Å². The van der Waals surface area contributed by atoms with Crippen molar-refractivity contribution >= 4 is 5.91 Å². The lowest BCUT2D eigenvalue weighted by molar-refractivity contribution is -0.187. The Morgan fingerprint density at radius 1 is 1.25 bits per heavy atom. The quantitative estimate of drug-likeness (QED) is 0.870. The highest BCUT2D eigenvalue weighted by atomic mass is 19.4. The molecule has 0 aromatic carbocycles. The molecule has 1 aliphatic rings. The fourth-order valence-electron chi connectivity index (χ4n) is 2.70. The summed E-state index contributed by atoms with van der Waals surface area (Å²) in [4.78, 5) is 13.9. The first-order valence-electron chi connectivity index (χ1n) is 7.10. The zero-order chi connectivity index (χ0) is 15.6. The van der Waals surface area contributed by atoms with Crippen molar-refractivity contribution in [3.05, 3.63) is 0 Å². The maximum atomic E-state index is 12.6. The van der Waals surface area contributed by atoms with Crippen molar-refractivity contribution in [3.63, 3.8) is 0 Å². The number of alkyl halides is 3. The van der Waals surface area contributed by atoms with E-state index in [0.717, 1.165) is 0 Å². The van der Waals surface area contributed by atoms with Gasteiger partial charge < -0.3 is 10.6 Å². The third-order valence-corrected chi connectivity index (χ3v) is 3.76. The Kier molecular flexibility index (Phi) is 5.46. The summed E-state index contributed by atoms with van der Waals surface area (Å²) in [5, 5.41) is 0. The number of carbonyl (C=O) groups excluding carboxylic acids is 1. The smallest absolute Gasteiger partial charge is 0.342 e. The molecule has 1 fully saturated rings. The predicted octanol–water partition coefficient (Wildman–Crippen LogP) is 2.80. The molecule has 0 aliphatic carbocycles. The van der Waals surface area contributed by atoms with Crippen LogP contribution in [0.3, 0.4) is 0 Å². The van der Waals surface area contributed by atoms with Gasteiger partial charge in [-0.3, -0.25) is 4.79 Å². The van der Waals surface area contributed by atoms with Crippen LogP contribution in [-0.2, 0) is 4.79 Å². The second kappa shape index (κ2) is 6.33. The van der Waals surface area contributed by atoms with E-state index in [-0.39, 0.29) is 49.7 Å². The molecule has 1 amide bonds. The standard InChI is InChI=1S/C14H25F3N2O/c1-13(2,3)8-10(9-18)12(20)19-6-4-11(5-7-19)14(15,16)17/h10-11H,4-9,18H2,1-3H3. The first-order valence-corrected chi connectivity index (χ1v) is 7.10.